The molecule has 0 spiro atoms. The van der Waals surface area contributed by atoms with Crippen LogP contribution in [0.2, 0.25) is 0 Å². The summed E-state index contributed by atoms with van der Waals surface area (Å²) in [5, 5.41) is 4.48. The Balaban J connectivity index is 1.99. The smallest absolute Gasteiger partial charge is 0.130 e. The molecule has 0 aromatic carbocycles. The largest absolute Gasteiger partial charge is 0.366 e. The summed E-state index contributed by atoms with van der Waals surface area (Å²) in [5.74, 6) is 1.59. The molecule has 1 fully saturated rings. The first kappa shape index (κ1) is 13.6. The third-order valence-electron chi connectivity index (χ3n) is 3.66. The fourth-order valence-electron chi connectivity index (χ4n) is 2.63. The Hall–Kier alpha value is -0.810. The molecular weight excluding hydrogens is 244 g/mol. The Bertz CT molecular complexity index is 366. The number of nitrogens with one attached hydrogen (secondary N) is 1. The second kappa shape index (κ2) is 6.95. The highest BCUT2D eigenvalue weighted by atomic mass is 32.2. The number of hydrogen-bond acceptors (Lipinski definition) is 5. The number of anilines is 1. The van der Waals surface area contributed by atoms with Crippen LogP contribution in [-0.4, -0.2) is 28.8 Å². The summed E-state index contributed by atoms with van der Waals surface area (Å²) in [4.78, 5) is 8.46. The lowest BCUT2D eigenvalue weighted by molar-refractivity contribution is 0.320. The quantitative estimate of drug-likeness (QED) is 0.633. The molecule has 100 valence electrons. The lowest BCUT2D eigenvalue weighted by atomic mass is 9.84. The van der Waals surface area contributed by atoms with Crippen molar-refractivity contribution in [3.8, 4) is 0 Å². The number of nitrogens with zero attached hydrogens (tertiary/aromatic N) is 2. The van der Waals surface area contributed by atoms with Crippen LogP contribution in [0.25, 0.3) is 0 Å². The monoisotopic (exact) mass is 266 g/mol. The molecule has 1 aliphatic rings. The molecule has 3 N–H and O–H groups in total. The van der Waals surface area contributed by atoms with Crippen molar-refractivity contribution in [2.24, 2.45) is 11.7 Å². The number of nitrogens with two attached hydrogens (primary N) is 1. The van der Waals surface area contributed by atoms with Crippen molar-refractivity contribution >= 4 is 17.6 Å². The first-order chi connectivity index (χ1) is 8.83. The van der Waals surface area contributed by atoms with Gasteiger partial charge >= 0.3 is 0 Å². The normalized spacial score (nSPS) is 18.6. The highest BCUT2D eigenvalue weighted by Crippen LogP contribution is 2.27. The second-order valence-corrected chi connectivity index (χ2v) is 5.66. The molecule has 1 atom stereocenters. The minimum atomic E-state index is 0.343. The van der Waals surface area contributed by atoms with E-state index in [0.29, 0.717) is 18.5 Å². The first-order valence-corrected chi connectivity index (χ1v) is 7.88. The zero-order valence-corrected chi connectivity index (χ0v) is 11.7. The minimum absolute atomic E-state index is 0.343. The molecule has 0 aliphatic heterocycles. The highest BCUT2D eigenvalue weighted by molar-refractivity contribution is 7.98. The zero-order valence-electron chi connectivity index (χ0n) is 10.9. The summed E-state index contributed by atoms with van der Waals surface area (Å²) in [6.07, 6.45) is 10.3. The van der Waals surface area contributed by atoms with E-state index in [9.17, 15) is 0 Å². The van der Waals surface area contributed by atoms with Gasteiger partial charge in [-0.05, 0) is 25.0 Å². The fourth-order valence-corrected chi connectivity index (χ4v) is 3.01. The molecular formula is C13H22N4S. The average Bonchev–Trinajstić information content (AvgIpc) is 2.46. The maximum absolute atomic E-state index is 5.91. The molecule has 1 saturated carbocycles. The highest BCUT2D eigenvalue weighted by Gasteiger charge is 2.22. The van der Waals surface area contributed by atoms with Gasteiger partial charge in [0.25, 0.3) is 0 Å². The van der Waals surface area contributed by atoms with E-state index in [2.05, 4.69) is 15.3 Å². The van der Waals surface area contributed by atoms with E-state index in [4.69, 9.17) is 5.73 Å². The second-order valence-electron chi connectivity index (χ2n) is 4.83. The summed E-state index contributed by atoms with van der Waals surface area (Å²) in [6.45, 7) is 0.670. The number of aromatic nitrogens is 2. The molecule has 0 radical (unpaired) electrons. The van der Waals surface area contributed by atoms with E-state index in [-0.39, 0.29) is 0 Å². The fraction of sp³-hybridized carbons (Fsp3) is 0.692. The van der Waals surface area contributed by atoms with Crippen LogP contribution in [0.1, 0.15) is 32.1 Å². The van der Waals surface area contributed by atoms with Gasteiger partial charge < -0.3 is 11.1 Å². The van der Waals surface area contributed by atoms with Gasteiger partial charge in [0.1, 0.15) is 17.2 Å². The van der Waals surface area contributed by atoms with Crippen molar-refractivity contribution in [2.75, 3.05) is 18.1 Å². The van der Waals surface area contributed by atoms with E-state index in [0.717, 1.165) is 10.8 Å². The van der Waals surface area contributed by atoms with Gasteiger partial charge in [-0.1, -0.05) is 19.3 Å². The predicted molar refractivity (Wildman–Crippen MR) is 76.9 cm³/mol. The Morgan fingerprint density at radius 2 is 2.17 bits per heavy atom. The predicted octanol–water partition coefficient (Wildman–Crippen LogP) is 2.52. The average molecular weight is 266 g/mol. The van der Waals surface area contributed by atoms with Crippen molar-refractivity contribution in [2.45, 2.75) is 43.2 Å². The van der Waals surface area contributed by atoms with E-state index in [1.165, 1.54) is 32.1 Å². The molecule has 4 nitrogen and oxygen atoms in total. The summed E-state index contributed by atoms with van der Waals surface area (Å²) in [5.41, 5.74) is 5.91. The van der Waals surface area contributed by atoms with Crippen LogP contribution in [-0.2, 0) is 0 Å². The Morgan fingerprint density at radius 1 is 1.39 bits per heavy atom. The van der Waals surface area contributed by atoms with Gasteiger partial charge in [0, 0.05) is 18.7 Å². The summed E-state index contributed by atoms with van der Waals surface area (Å²) in [6, 6.07) is 2.34. The van der Waals surface area contributed by atoms with Crippen molar-refractivity contribution in [3.63, 3.8) is 0 Å². The van der Waals surface area contributed by atoms with Gasteiger partial charge in [0.2, 0.25) is 0 Å². The topological polar surface area (TPSA) is 63.8 Å². The van der Waals surface area contributed by atoms with Gasteiger partial charge in [-0.25, -0.2) is 9.97 Å². The lowest BCUT2D eigenvalue weighted by Gasteiger charge is -2.30. The third-order valence-corrected chi connectivity index (χ3v) is 4.30. The minimum Gasteiger partial charge on any atom is -0.366 e. The lowest BCUT2D eigenvalue weighted by Crippen LogP contribution is -2.37. The maximum Gasteiger partial charge on any atom is 0.130 e. The molecule has 0 saturated heterocycles. The SMILES string of the molecule is CSc1cc(NC(CN)C2CCCCC2)ncn1. The van der Waals surface area contributed by atoms with E-state index in [1.54, 1.807) is 18.1 Å². The van der Waals surface area contributed by atoms with Crippen LogP contribution < -0.4 is 11.1 Å². The van der Waals surface area contributed by atoms with E-state index >= 15 is 0 Å². The molecule has 1 aliphatic carbocycles. The van der Waals surface area contributed by atoms with Crippen LogP contribution in [0.4, 0.5) is 5.82 Å². The summed E-state index contributed by atoms with van der Waals surface area (Å²) < 4.78 is 0. The standard InChI is InChI=1S/C13H22N4S/c1-18-13-7-12(15-9-16-13)17-11(8-14)10-5-3-2-4-6-10/h7,9-11H,2-6,8,14H2,1H3,(H,15,16,17). The molecule has 1 aromatic rings. The molecule has 0 amide bonds. The number of hydrogen-bond donors (Lipinski definition) is 2. The molecule has 18 heavy (non-hydrogen) atoms. The van der Waals surface area contributed by atoms with Crippen LogP contribution >= 0.6 is 11.8 Å². The van der Waals surface area contributed by atoms with Crippen molar-refractivity contribution in [1.82, 2.24) is 9.97 Å². The molecule has 5 heteroatoms. The molecule has 1 unspecified atom stereocenters. The zero-order chi connectivity index (χ0) is 12.8. The van der Waals surface area contributed by atoms with Gasteiger partial charge in [-0.2, -0.15) is 0 Å². The van der Waals surface area contributed by atoms with Crippen molar-refractivity contribution < 1.29 is 0 Å². The molecule has 1 heterocycles. The van der Waals surface area contributed by atoms with E-state index in [1.807, 2.05) is 12.3 Å². The molecule has 0 bridgehead atoms. The van der Waals surface area contributed by atoms with Gasteiger partial charge in [-0.3, -0.25) is 0 Å². The Labute approximate surface area is 113 Å². The summed E-state index contributed by atoms with van der Waals surface area (Å²) >= 11 is 1.63. The summed E-state index contributed by atoms with van der Waals surface area (Å²) in [7, 11) is 0. The van der Waals surface area contributed by atoms with Gasteiger partial charge in [0.15, 0.2) is 0 Å². The van der Waals surface area contributed by atoms with Crippen LogP contribution in [0, 0.1) is 5.92 Å². The Morgan fingerprint density at radius 3 is 2.83 bits per heavy atom. The van der Waals surface area contributed by atoms with Crippen LogP contribution in [0.15, 0.2) is 17.4 Å². The first-order valence-electron chi connectivity index (χ1n) is 6.66. The van der Waals surface area contributed by atoms with Crippen molar-refractivity contribution in [3.05, 3.63) is 12.4 Å². The third kappa shape index (κ3) is 3.59. The number of thioether (sulfide) groups is 1. The molecule has 1 aromatic heterocycles. The van der Waals surface area contributed by atoms with Crippen LogP contribution in [0.3, 0.4) is 0 Å². The van der Waals surface area contributed by atoms with Crippen LogP contribution in [0.5, 0.6) is 0 Å². The van der Waals surface area contributed by atoms with Crippen molar-refractivity contribution in [1.29, 1.82) is 0 Å². The Kier molecular flexibility index (Phi) is 5.26. The maximum atomic E-state index is 5.91. The molecule has 2 rings (SSSR count). The van der Waals surface area contributed by atoms with E-state index < -0.39 is 0 Å². The van der Waals surface area contributed by atoms with Gasteiger partial charge in [0.05, 0.1) is 0 Å². The van der Waals surface area contributed by atoms with Gasteiger partial charge in [-0.15, -0.1) is 11.8 Å². The number of rotatable bonds is 5.